The number of rotatable bonds is 1. The minimum Gasteiger partial charge on any atom is -0.301 e. The molecule has 2 aliphatic rings. The van der Waals surface area contributed by atoms with Crippen molar-refractivity contribution in [3.8, 4) is 0 Å². The van der Waals surface area contributed by atoms with Gasteiger partial charge in [0.15, 0.2) is 5.17 Å². The molecule has 0 spiro atoms. The Balaban J connectivity index is 1.79. The van der Waals surface area contributed by atoms with Crippen molar-refractivity contribution in [3.63, 3.8) is 0 Å². The molecule has 3 nitrogen and oxygen atoms in total. The lowest BCUT2D eigenvalue weighted by atomic mass is 9.96. The lowest BCUT2D eigenvalue weighted by Crippen LogP contribution is -2.28. The lowest BCUT2D eigenvalue weighted by Gasteiger charge is -2.12. The number of nitrogens with zero attached hydrogens (tertiary/aromatic N) is 1. The first kappa shape index (κ1) is 11.3. The van der Waals surface area contributed by atoms with Crippen LogP contribution < -0.4 is 5.32 Å². The van der Waals surface area contributed by atoms with E-state index < -0.39 is 0 Å². The van der Waals surface area contributed by atoms with Crippen molar-refractivity contribution in [2.24, 2.45) is 4.99 Å². The zero-order chi connectivity index (χ0) is 11.7. The summed E-state index contributed by atoms with van der Waals surface area (Å²) in [5, 5.41) is 5.70. The van der Waals surface area contributed by atoms with Crippen LogP contribution in [0, 0.1) is 0 Å². The average molecular weight is 266 g/mol. The summed E-state index contributed by atoms with van der Waals surface area (Å²) in [6.07, 6.45) is 4.67. The molecular formula is C12H14N2OS2. The standard InChI is InChI=1S/C12H14N2OS2/c15-11(14-12-13-5-6-16-12)9-7-17-10-4-2-1-3-8(9)10/h7H,1-6H2,(H,13,14,15). The Morgan fingerprint density at radius 2 is 2.24 bits per heavy atom. The van der Waals surface area contributed by atoms with E-state index in [2.05, 4.69) is 10.3 Å². The summed E-state index contributed by atoms with van der Waals surface area (Å²) < 4.78 is 0. The van der Waals surface area contributed by atoms with Gasteiger partial charge in [0.1, 0.15) is 0 Å². The molecule has 1 aromatic rings. The van der Waals surface area contributed by atoms with E-state index in [0.29, 0.717) is 0 Å². The number of thioether (sulfide) groups is 1. The van der Waals surface area contributed by atoms with Crippen LogP contribution in [-0.4, -0.2) is 23.4 Å². The fourth-order valence-electron chi connectivity index (χ4n) is 2.26. The van der Waals surface area contributed by atoms with Gasteiger partial charge in [0.25, 0.3) is 5.91 Å². The van der Waals surface area contributed by atoms with Crippen molar-refractivity contribution in [1.29, 1.82) is 0 Å². The molecule has 1 aliphatic heterocycles. The van der Waals surface area contributed by atoms with E-state index in [1.807, 2.05) is 5.38 Å². The van der Waals surface area contributed by atoms with Gasteiger partial charge in [-0.3, -0.25) is 9.79 Å². The van der Waals surface area contributed by atoms with Gasteiger partial charge in [0, 0.05) is 16.0 Å². The quantitative estimate of drug-likeness (QED) is 0.848. The Bertz CT molecular complexity index is 479. The number of carbonyl (C=O) groups is 1. The topological polar surface area (TPSA) is 41.5 Å². The first-order chi connectivity index (χ1) is 8.34. The van der Waals surface area contributed by atoms with Gasteiger partial charge in [-0.2, -0.15) is 0 Å². The van der Waals surface area contributed by atoms with Crippen molar-refractivity contribution < 1.29 is 4.79 Å². The Labute approximate surface area is 109 Å². The third kappa shape index (κ3) is 2.26. The molecule has 0 fully saturated rings. The van der Waals surface area contributed by atoms with Gasteiger partial charge in [-0.25, -0.2) is 0 Å². The Morgan fingerprint density at radius 1 is 1.35 bits per heavy atom. The van der Waals surface area contributed by atoms with Crippen LogP contribution in [-0.2, 0) is 12.8 Å². The van der Waals surface area contributed by atoms with Crippen LogP contribution in [0.2, 0.25) is 0 Å². The van der Waals surface area contributed by atoms with E-state index in [1.54, 1.807) is 23.1 Å². The highest BCUT2D eigenvalue weighted by molar-refractivity contribution is 8.14. The number of aliphatic imine (C=N–C) groups is 1. The van der Waals surface area contributed by atoms with Gasteiger partial charge < -0.3 is 5.32 Å². The summed E-state index contributed by atoms with van der Waals surface area (Å²) in [4.78, 5) is 17.8. The van der Waals surface area contributed by atoms with Crippen LogP contribution in [0.3, 0.4) is 0 Å². The highest BCUT2D eigenvalue weighted by Gasteiger charge is 2.21. The van der Waals surface area contributed by atoms with Crippen molar-refractivity contribution >= 4 is 34.2 Å². The molecule has 3 rings (SSSR count). The monoisotopic (exact) mass is 266 g/mol. The molecule has 1 N–H and O–H groups in total. The fraction of sp³-hybridized carbons (Fsp3) is 0.500. The number of nitrogens with one attached hydrogen (secondary N) is 1. The number of thiophene rings is 1. The zero-order valence-electron chi connectivity index (χ0n) is 9.49. The molecule has 2 heterocycles. The van der Waals surface area contributed by atoms with Gasteiger partial charge >= 0.3 is 0 Å². The molecule has 0 radical (unpaired) electrons. The smallest absolute Gasteiger partial charge is 0.258 e. The molecule has 0 bridgehead atoms. The number of amides is 1. The molecule has 1 amide bonds. The van der Waals surface area contributed by atoms with Crippen LogP contribution in [0.5, 0.6) is 0 Å². The van der Waals surface area contributed by atoms with Crippen LogP contribution in [0.25, 0.3) is 0 Å². The van der Waals surface area contributed by atoms with Gasteiger partial charge in [-0.15, -0.1) is 11.3 Å². The maximum Gasteiger partial charge on any atom is 0.258 e. The molecule has 5 heteroatoms. The third-order valence-electron chi connectivity index (χ3n) is 3.11. The van der Waals surface area contributed by atoms with Crippen molar-refractivity contribution in [1.82, 2.24) is 5.32 Å². The van der Waals surface area contributed by atoms with Crippen LogP contribution in [0.15, 0.2) is 10.4 Å². The molecule has 0 saturated heterocycles. The maximum atomic E-state index is 12.1. The van der Waals surface area contributed by atoms with E-state index >= 15 is 0 Å². The van der Waals surface area contributed by atoms with Gasteiger partial charge in [-0.1, -0.05) is 11.8 Å². The van der Waals surface area contributed by atoms with E-state index in [0.717, 1.165) is 35.9 Å². The van der Waals surface area contributed by atoms with Crippen molar-refractivity contribution in [3.05, 3.63) is 21.4 Å². The molecule has 0 aromatic carbocycles. The summed E-state index contributed by atoms with van der Waals surface area (Å²) in [6, 6.07) is 0. The Hall–Kier alpha value is -0.810. The van der Waals surface area contributed by atoms with E-state index in [9.17, 15) is 4.79 Å². The second-order valence-electron chi connectivity index (χ2n) is 4.25. The Kier molecular flexibility index (Phi) is 3.20. The summed E-state index contributed by atoms with van der Waals surface area (Å²) in [5.74, 6) is 1.01. The van der Waals surface area contributed by atoms with Crippen LogP contribution in [0.4, 0.5) is 0 Å². The molecule has 1 aromatic heterocycles. The number of fused-ring (bicyclic) bond motifs is 1. The maximum absolute atomic E-state index is 12.1. The van der Waals surface area contributed by atoms with E-state index in [4.69, 9.17) is 0 Å². The number of aryl methyl sites for hydroxylation is 1. The minimum absolute atomic E-state index is 0.0255. The zero-order valence-corrected chi connectivity index (χ0v) is 11.1. The predicted octanol–water partition coefficient (Wildman–Crippen LogP) is 2.46. The molecule has 1 aliphatic carbocycles. The second kappa shape index (κ2) is 4.82. The highest BCUT2D eigenvalue weighted by Crippen LogP contribution is 2.30. The Morgan fingerprint density at radius 3 is 3.06 bits per heavy atom. The van der Waals surface area contributed by atoms with Gasteiger partial charge in [0.05, 0.1) is 12.1 Å². The molecule has 0 atom stereocenters. The summed E-state index contributed by atoms with van der Waals surface area (Å²) in [7, 11) is 0. The molecule has 17 heavy (non-hydrogen) atoms. The first-order valence-corrected chi connectivity index (χ1v) is 7.79. The average Bonchev–Trinajstić information content (AvgIpc) is 2.96. The van der Waals surface area contributed by atoms with Gasteiger partial charge in [-0.05, 0) is 31.2 Å². The number of carbonyl (C=O) groups excluding carboxylic acids is 1. The minimum atomic E-state index is 0.0255. The van der Waals surface area contributed by atoms with Gasteiger partial charge in [0.2, 0.25) is 0 Å². The summed E-state index contributed by atoms with van der Waals surface area (Å²) in [5.41, 5.74) is 2.15. The van der Waals surface area contributed by atoms with E-state index in [-0.39, 0.29) is 5.91 Å². The molecule has 90 valence electrons. The normalized spacial score (nSPS) is 18.7. The van der Waals surface area contributed by atoms with Crippen LogP contribution >= 0.6 is 23.1 Å². The molecule has 0 saturated carbocycles. The first-order valence-electron chi connectivity index (χ1n) is 5.92. The third-order valence-corrected chi connectivity index (χ3v) is 5.09. The predicted molar refractivity (Wildman–Crippen MR) is 73.2 cm³/mol. The largest absolute Gasteiger partial charge is 0.301 e. The number of amidine groups is 1. The van der Waals surface area contributed by atoms with Crippen molar-refractivity contribution in [2.45, 2.75) is 25.7 Å². The summed E-state index contributed by atoms with van der Waals surface area (Å²) >= 11 is 3.36. The van der Waals surface area contributed by atoms with Crippen molar-refractivity contribution in [2.75, 3.05) is 12.3 Å². The number of hydrogen-bond donors (Lipinski definition) is 1. The number of hydrogen-bond acceptors (Lipinski definition) is 4. The lowest BCUT2D eigenvalue weighted by molar-refractivity contribution is 0.0977. The fourth-order valence-corrected chi connectivity index (χ4v) is 4.11. The summed E-state index contributed by atoms with van der Waals surface area (Å²) in [6.45, 7) is 0.821. The SMILES string of the molecule is O=C(NC1=NCCS1)c1csc2c1CCCC2. The highest BCUT2D eigenvalue weighted by atomic mass is 32.2. The molecule has 0 unspecified atom stereocenters. The second-order valence-corrected chi connectivity index (χ2v) is 6.30. The van der Waals surface area contributed by atoms with Crippen LogP contribution in [0.1, 0.15) is 33.6 Å². The molecular weight excluding hydrogens is 252 g/mol. The van der Waals surface area contributed by atoms with E-state index in [1.165, 1.54) is 23.3 Å².